The fraction of sp³-hybridized carbons (Fsp3) is 0.273. The largest absolute Gasteiger partial charge is 0.431 e. The van der Waals surface area contributed by atoms with Gasteiger partial charge in [0.15, 0.2) is 0 Å². The molecule has 0 aromatic heterocycles. The Morgan fingerprint density at radius 2 is 2.06 bits per heavy atom. The van der Waals surface area contributed by atoms with Crippen LogP contribution in [0.15, 0.2) is 29.4 Å². The number of benzene rings is 1. The van der Waals surface area contributed by atoms with Gasteiger partial charge in [-0.2, -0.15) is 0 Å². The number of para-hydroxylation sites is 1. The van der Waals surface area contributed by atoms with E-state index < -0.39 is 0 Å². The Kier molecular flexibility index (Phi) is 4.72. The van der Waals surface area contributed by atoms with Crippen molar-refractivity contribution in [2.24, 2.45) is 5.16 Å². The van der Waals surface area contributed by atoms with Gasteiger partial charge in [-0.3, -0.25) is 0 Å². The zero-order chi connectivity index (χ0) is 12.0. The van der Waals surface area contributed by atoms with Crippen LogP contribution >= 0.6 is 12.2 Å². The van der Waals surface area contributed by atoms with Crippen LogP contribution in [0.25, 0.3) is 0 Å². The Hall–Kier alpha value is -1.62. The second-order valence-electron chi connectivity index (χ2n) is 3.22. The third-order valence-corrected chi connectivity index (χ3v) is 2.23. The van der Waals surface area contributed by atoms with E-state index in [1.807, 2.05) is 38.4 Å². The van der Waals surface area contributed by atoms with Gasteiger partial charge in [-0.15, -0.1) is 0 Å². The first kappa shape index (κ1) is 12.4. The minimum Gasteiger partial charge on any atom is -0.431 e. The Morgan fingerprint density at radius 3 is 2.69 bits per heavy atom. The molecule has 4 nitrogen and oxygen atoms in total. The molecule has 1 aromatic carbocycles. The lowest BCUT2D eigenvalue weighted by atomic mass is 10.2. The first-order valence-electron chi connectivity index (χ1n) is 4.70. The molecule has 0 fully saturated rings. The lowest BCUT2D eigenvalue weighted by Crippen LogP contribution is -2.25. The van der Waals surface area contributed by atoms with Gasteiger partial charge < -0.3 is 14.5 Å². The molecule has 5 heteroatoms. The second-order valence-corrected chi connectivity index (χ2v) is 3.57. The Morgan fingerprint density at radius 1 is 1.38 bits per heavy atom. The van der Waals surface area contributed by atoms with Crippen LogP contribution in [0.4, 0.5) is 0 Å². The predicted octanol–water partition coefficient (Wildman–Crippen LogP) is 1.89. The van der Waals surface area contributed by atoms with Crippen molar-refractivity contribution in [3.63, 3.8) is 0 Å². The van der Waals surface area contributed by atoms with E-state index in [2.05, 4.69) is 9.99 Å². The topological polar surface area (TPSA) is 34.1 Å². The Balaban J connectivity index is 2.86. The van der Waals surface area contributed by atoms with Crippen LogP contribution in [0, 0.1) is 0 Å². The summed E-state index contributed by atoms with van der Waals surface area (Å²) >= 11 is 5.06. The maximum Gasteiger partial charge on any atom is 0.264 e. The zero-order valence-corrected chi connectivity index (χ0v) is 10.3. The van der Waals surface area contributed by atoms with Crippen LogP contribution in [-0.2, 0) is 4.84 Å². The molecule has 0 unspecified atom stereocenters. The minimum atomic E-state index is 0.401. The lowest BCUT2D eigenvalue weighted by molar-refractivity contribution is 0.215. The first-order valence-corrected chi connectivity index (χ1v) is 5.10. The molecule has 16 heavy (non-hydrogen) atoms. The van der Waals surface area contributed by atoms with Gasteiger partial charge >= 0.3 is 0 Å². The van der Waals surface area contributed by atoms with Gasteiger partial charge in [-0.1, -0.05) is 17.3 Å². The third kappa shape index (κ3) is 3.51. The van der Waals surface area contributed by atoms with Gasteiger partial charge in [0.05, 0.1) is 6.21 Å². The molecule has 0 bridgehead atoms. The standard InChI is InChI=1S/C11H14N2O2S/c1-13(2)11(16)15-10-7-5-4-6-9(10)8-12-14-3/h4-8H,1-3H3/b12-8+. The molecule has 0 amide bonds. The highest BCUT2D eigenvalue weighted by molar-refractivity contribution is 7.80. The maximum atomic E-state index is 5.51. The Labute approximate surface area is 100 Å². The molecule has 0 atom stereocenters. The van der Waals surface area contributed by atoms with Crippen molar-refractivity contribution in [2.75, 3.05) is 21.2 Å². The van der Waals surface area contributed by atoms with Crippen molar-refractivity contribution >= 4 is 23.6 Å². The molecule has 0 aliphatic rings. The van der Waals surface area contributed by atoms with Gasteiger partial charge in [0, 0.05) is 19.7 Å². The van der Waals surface area contributed by atoms with E-state index >= 15 is 0 Å². The van der Waals surface area contributed by atoms with Gasteiger partial charge in [0.25, 0.3) is 5.17 Å². The zero-order valence-electron chi connectivity index (χ0n) is 9.51. The summed E-state index contributed by atoms with van der Waals surface area (Å²) < 4.78 is 5.51. The average Bonchev–Trinajstić information content (AvgIpc) is 2.27. The summed E-state index contributed by atoms with van der Waals surface area (Å²) in [5.74, 6) is 0.655. The van der Waals surface area contributed by atoms with E-state index in [-0.39, 0.29) is 0 Å². The smallest absolute Gasteiger partial charge is 0.264 e. The van der Waals surface area contributed by atoms with E-state index in [4.69, 9.17) is 17.0 Å². The molecule has 0 N–H and O–H groups in total. The highest BCUT2D eigenvalue weighted by atomic mass is 32.1. The molecule has 0 radical (unpaired) electrons. The van der Waals surface area contributed by atoms with Crippen molar-refractivity contribution in [1.82, 2.24) is 4.90 Å². The predicted molar refractivity (Wildman–Crippen MR) is 68.0 cm³/mol. The number of thiocarbonyl (C=S) groups is 1. The van der Waals surface area contributed by atoms with E-state index in [0.29, 0.717) is 10.9 Å². The average molecular weight is 238 g/mol. The fourth-order valence-corrected chi connectivity index (χ4v) is 1.06. The van der Waals surface area contributed by atoms with E-state index in [9.17, 15) is 0 Å². The molecule has 0 spiro atoms. The molecule has 0 heterocycles. The van der Waals surface area contributed by atoms with Crippen LogP contribution in [0.2, 0.25) is 0 Å². The maximum absolute atomic E-state index is 5.51. The lowest BCUT2D eigenvalue weighted by Gasteiger charge is -2.15. The molecule has 0 aliphatic heterocycles. The summed E-state index contributed by atoms with van der Waals surface area (Å²) in [5, 5.41) is 4.09. The monoisotopic (exact) mass is 238 g/mol. The fourth-order valence-electron chi connectivity index (χ4n) is 0.975. The summed E-state index contributed by atoms with van der Waals surface area (Å²) in [6.07, 6.45) is 1.58. The number of nitrogens with zero attached hydrogens (tertiary/aromatic N) is 2. The summed E-state index contributed by atoms with van der Waals surface area (Å²) in [4.78, 5) is 6.35. The summed E-state index contributed by atoms with van der Waals surface area (Å²) in [6, 6.07) is 7.46. The summed E-state index contributed by atoms with van der Waals surface area (Å²) in [6.45, 7) is 0. The molecular weight excluding hydrogens is 224 g/mol. The molecule has 1 rings (SSSR count). The SMILES string of the molecule is CO/N=C/c1ccccc1OC(=S)N(C)C. The second kappa shape index (κ2) is 6.07. The molecule has 86 valence electrons. The first-order chi connectivity index (χ1) is 7.65. The molecule has 0 saturated heterocycles. The summed E-state index contributed by atoms with van der Waals surface area (Å²) in [5.41, 5.74) is 0.813. The van der Waals surface area contributed by atoms with Crippen LogP contribution in [-0.4, -0.2) is 37.5 Å². The van der Waals surface area contributed by atoms with Gasteiger partial charge in [-0.05, 0) is 24.4 Å². The number of rotatable bonds is 3. The van der Waals surface area contributed by atoms with Crippen molar-refractivity contribution in [1.29, 1.82) is 0 Å². The van der Waals surface area contributed by atoms with E-state index in [1.165, 1.54) is 7.11 Å². The van der Waals surface area contributed by atoms with Gasteiger partial charge in [-0.25, -0.2) is 0 Å². The van der Waals surface area contributed by atoms with Crippen molar-refractivity contribution < 1.29 is 9.57 Å². The van der Waals surface area contributed by atoms with E-state index in [1.54, 1.807) is 11.1 Å². The number of oxime groups is 1. The third-order valence-electron chi connectivity index (χ3n) is 1.78. The molecular formula is C11H14N2O2S. The Bertz CT molecular complexity index is 391. The van der Waals surface area contributed by atoms with Crippen LogP contribution < -0.4 is 4.74 Å². The van der Waals surface area contributed by atoms with Crippen molar-refractivity contribution in [3.05, 3.63) is 29.8 Å². The number of hydrogen-bond donors (Lipinski definition) is 0. The van der Waals surface area contributed by atoms with E-state index in [0.717, 1.165) is 5.56 Å². The number of hydrogen-bond acceptors (Lipinski definition) is 4. The van der Waals surface area contributed by atoms with Crippen LogP contribution in [0.1, 0.15) is 5.56 Å². The minimum absolute atomic E-state index is 0.401. The summed E-state index contributed by atoms with van der Waals surface area (Å²) in [7, 11) is 5.15. The van der Waals surface area contributed by atoms with Crippen LogP contribution in [0.3, 0.4) is 0 Å². The molecule has 1 aromatic rings. The van der Waals surface area contributed by atoms with Crippen molar-refractivity contribution in [3.8, 4) is 5.75 Å². The number of ether oxygens (including phenoxy) is 1. The normalized spacial score (nSPS) is 10.2. The van der Waals surface area contributed by atoms with Crippen LogP contribution in [0.5, 0.6) is 5.75 Å². The molecule has 0 aliphatic carbocycles. The quantitative estimate of drug-likeness (QED) is 0.457. The highest BCUT2D eigenvalue weighted by Crippen LogP contribution is 2.16. The van der Waals surface area contributed by atoms with Gasteiger partial charge in [0.1, 0.15) is 12.9 Å². The van der Waals surface area contributed by atoms with Crippen molar-refractivity contribution in [2.45, 2.75) is 0 Å². The highest BCUT2D eigenvalue weighted by Gasteiger charge is 2.05. The van der Waals surface area contributed by atoms with Gasteiger partial charge in [0.2, 0.25) is 0 Å². The molecule has 0 saturated carbocycles.